The van der Waals surface area contributed by atoms with Gasteiger partial charge in [0.1, 0.15) is 0 Å². The smallest absolute Gasteiger partial charge is 0.246 e. The van der Waals surface area contributed by atoms with Crippen LogP contribution in [0.25, 0.3) is 6.08 Å². The summed E-state index contributed by atoms with van der Waals surface area (Å²) in [6, 6.07) is 11.1. The lowest BCUT2D eigenvalue weighted by Crippen LogP contribution is -2.31. The summed E-state index contributed by atoms with van der Waals surface area (Å²) >= 11 is 5.78. The second kappa shape index (κ2) is 8.74. The quantitative estimate of drug-likeness (QED) is 0.755. The molecule has 0 radical (unpaired) electrons. The summed E-state index contributed by atoms with van der Waals surface area (Å²) in [5.74, 6) is -0.203. The first-order valence-corrected chi connectivity index (χ1v) is 6.51. The Kier molecular flexibility index (Phi) is 6.89. The number of rotatable bonds is 6. The highest BCUT2D eigenvalue weighted by atomic mass is 35.5. The van der Waals surface area contributed by atoms with Crippen LogP contribution in [0.3, 0.4) is 0 Å². The molecule has 0 N–H and O–H groups in total. The molecule has 0 aliphatic carbocycles. The molecule has 1 aromatic rings. The Morgan fingerprint density at radius 1 is 1.15 bits per heavy atom. The Morgan fingerprint density at radius 3 is 2.20 bits per heavy atom. The normalized spacial score (nSPS) is 9.95. The second-order valence-corrected chi connectivity index (χ2v) is 4.46. The second-order valence-electron chi connectivity index (χ2n) is 4.03. The van der Waals surface area contributed by atoms with Gasteiger partial charge < -0.3 is 4.90 Å². The molecule has 1 amide bonds. The van der Waals surface area contributed by atoms with E-state index >= 15 is 0 Å². The van der Waals surface area contributed by atoms with E-state index in [2.05, 4.69) is 0 Å². The number of nitriles is 2. The molecule has 0 fully saturated rings. The van der Waals surface area contributed by atoms with Gasteiger partial charge in [-0.05, 0) is 23.8 Å². The minimum atomic E-state index is -0.203. The molecule has 0 spiro atoms. The standard InChI is InChI=1S/C15H14ClN3O/c16-14-6-3-13(4-7-14)5-8-15(20)19(11-1-9-17)12-2-10-18/h3-8H,1-2,11-12H2/b8-5+. The fourth-order valence-electron chi connectivity index (χ4n) is 1.55. The third-order valence-corrected chi connectivity index (χ3v) is 2.84. The highest BCUT2D eigenvalue weighted by Crippen LogP contribution is 2.10. The van der Waals surface area contributed by atoms with Crippen LogP contribution in [0.2, 0.25) is 5.02 Å². The largest absolute Gasteiger partial charge is 0.337 e. The summed E-state index contributed by atoms with van der Waals surface area (Å²) in [6.07, 6.45) is 3.64. The van der Waals surface area contributed by atoms with E-state index in [1.807, 2.05) is 12.1 Å². The van der Waals surface area contributed by atoms with Crippen LogP contribution in [-0.2, 0) is 4.79 Å². The summed E-state index contributed by atoms with van der Waals surface area (Å²) in [5.41, 5.74) is 0.864. The molecule has 0 aliphatic heterocycles. The van der Waals surface area contributed by atoms with Crippen LogP contribution < -0.4 is 0 Å². The summed E-state index contributed by atoms with van der Waals surface area (Å²) in [5, 5.41) is 17.8. The van der Waals surface area contributed by atoms with Gasteiger partial charge in [-0.2, -0.15) is 10.5 Å². The third kappa shape index (κ3) is 5.56. The zero-order valence-corrected chi connectivity index (χ0v) is 11.7. The van der Waals surface area contributed by atoms with Crippen LogP contribution in [0, 0.1) is 22.7 Å². The molecule has 0 atom stereocenters. The molecule has 5 heteroatoms. The van der Waals surface area contributed by atoms with Gasteiger partial charge >= 0.3 is 0 Å². The number of benzene rings is 1. The van der Waals surface area contributed by atoms with Crippen molar-refractivity contribution in [1.82, 2.24) is 4.90 Å². The fraction of sp³-hybridized carbons (Fsp3) is 0.267. The lowest BCUT2D eigenvalue weighted by atomic mass is 10.2. The van der Waals surface area contributed by atoms with E-state index in [1.165, 1.54) is 11.0 Å². The third-order valence-electron chi connectivity index (χ3n) is 2.59. The van der Waals surface area contributed by atoms with Gasteiger partial charge in [-0.15, -0.1) is 0 Å². The van der Waals surface area contributed by atoms with E-state index in [-0.39, 0.29) is 18.7 Å². The van der Waals surface area contributed by atoms with Crippen molar-refractivity contribution in [3.8, 4) is 12.1 Å². The van der Waals surface area contributed by atoms with E-state index < -0.39 is 0 Å². The van der Waals surface area contributed by atoms with Gasteiger partial charge in [-0.3, -0.25) is 4.79 Å². The average Bonchev–Trinajstić information content (AvgIpc) is 2.46. The zero-order valence-electron chi connectivity index (χ0n) is 10.9. The van der Waals surface area contributed by atoms with Crippen LogP contribution >= 0.6 is 11.6 Å². The van der Waals surface area contributed by atoms with Gasteiger partial charge in [0.25, 0.3) is 0 Å². The molecule has 0 saturated heterocycles. The highest BCUT2D eigenvalue weighted by Gasteiger charge is 2.09. The van der Waals surface area contributed by atoms with E-state index in [0.29, 0.717) is 18.1 Å². The maximum atomic E-state index is 12.0. The van der Waals surface area contributed by atoms with E-state index in [0.717, 1.165) is 5.56 Å². The molecule has 1 aromatic carbocycles. The molecule has 1 rings (SSSR count). The van der Waals surface area contributed by atoms with Crippen LogP contribution in [0.1, 0.15) is 18.4 Å². The number of hydrogen-bond donors (Lipinski definition) is 0. The van der Waals surface area contributed by atoms with Gasteiger partial charge in [-0.1, -0.05) is 23.7 Å². The highest BCUT2D eigenvalue weighted by molar-refractivity contribution is 6.30. The predicted molar refractivity (Wildman–Crippen MR) is 77.5 cm³/mol. The Balaban J connectivity index is 2.67. The number of hydrogen-bond acceptors (Lipinski definition) is 3. The molecule has 0 saturated carbocycles. The zero-order chi connectivity index (χ0) is 14.8. The van der Waals surface area contributed by atoms with Crippen molar-refractivity contribution >= 4 is 23.6 Å². The first-order valence-electron chi connectivity index (χ1n) is 6.14. The molecule has 20 heavy (non-hydrogen) atoms. The maximum Gasteiger partial charge on any atom is 0.246 e. The number of nitrogens with zero attached hydrogens (tertiary/aromatic N) is 3. The van der Waals surface area contributed by atoms with Crippen molar-refractivity contribution in [2.75, 3.05) is 13.1 Å². The van der Waals surface area contributed by atoms with Crippen molar-refractivity contribution in [2.45, 2.75) is 12.8 Å². The van der Waals surface area contributed by atoms with Gasteiger partial charge in [-0.25, -0.2) is 0 Å². The van der Waals surface area contributed by atoms with Gasteiger partial charge in [0.15, 0.2) is 0 Å². The molecule has 4 nitrogen and oxygen atoms in total. The first-order chi connectivity index (χ1) is 9.67. The van der Waals surface area contributed by atoms with Crippen molar-refractivity contribution < 1.29 is 4.79 Å². The van der Waals surface area contributed by atoms with Crippen LogP contribution in [0.15, 0.2) is 30.3 Å². The molecule has 0 heterocycles. The number of carbonyl (C=O) groups excluding carboxylic acids is 1. The molecule has 0 aliphatic rings. The molecule has 0 bridgehead atoms. The van der Waals surface area contributed by atoms with Gasteiger partial charge in [0.2, 0.25) is 5.91 Å². The van der Waals surface area contributed by atoms with Crippen LogP contribution in [-0.4, -0.2) is 23.9 Å². The minimum Gasteiger partial charge on any atom is -0.337 e. The predicted octanol–water partition coefficient (Wildman–Crippen LogP) is 3.01. The lowest BCUT2D eigenvalue weighted by molar-refractivity contribution is -0.125. The fourth-order valence-corrected chi connectivity index (χ4v) is 1.67. The summed E-state index contributed by atoms with van der Waals surface area (Å²) in [4.78, 5) is 13.5. The molecular weight excluding hydrogens is 274 g/mol. The van der Waals surface area contributed by atoms with Crippen molar-refractivity contribution in [1.29, 1.82) is 10.5 Å². The molecule has 0 aromatic heterocycles. The summed E-state index contributed by atoms with van der Waals surface area (Å²) < 4.78 is 0. The van der Waals surface area contributed by atoms with Crippen molar-refractivity contribution in [2.24, 2.45) is 0 Å². The monoisotopic (exact) mass is 287 g/mol. The number of halogens is 1. The Hall–Kier alpha value is -2.30. The summed E-state index contributed by atoms with van der Waals surface area (Å²) in [6.45, 7) is 0.671. The average molecular weight is 288 g/mol. The van der Waals surface area contributed by atoms with Gasteiger partial charge in [0, 0.05) is 24.2 Å². The number of carbonyl (C=O) groups is 1. The molecular formula is C15H14ClN3O. The van der Waals surface area contributed by atoms with Crippen LogP contribution in [0.4, 0.5) is 0 Å². The lowest BCUT2D eigenvalue weighted by Gasteiger charge is -2.18. The number of amides is 1. The summed E-state index contributed by atoms with van der Waals surface area (Å²) in [7, 11) is 0. The Bertz CT molecular complexity index is 534. The topological polar surface area (TPSA) is 67.9 Å². The van der Waals surface area contributed by atoms with Crippen molar-refractivity contribution in [3.63, 3.8) is 0 Å². The first kappa shape index (κ1) is 15.8. The molecule has 102 valence electrons. The SMILES string of the molecule is N#CCCN(CCC#N)C(=O)/C=C/c1ccc(Cl)cc1. The Labute approximate surface area is 123 Å². The van der Waals surface area contributed by atoms with Crippen molar-refractivity contribution in [3.05, 3.63) is 40.9 Å². The Morgan fingerprint density at radius 2 is 1.70 bits per heavy atom. The van der Waals surface area contributed by atoms with Gasteiger partial charge in [0.05, 0.1) is 25.0 Å². The van der Waals surface area contributed by atoms with E-state index in [1.54, 1.807) is 30.3 Å². The van der Waals surface area contributed by atoms with E-state index in [4.69, 9.17) is 22.1 Å². The molecule has 0 unspecified atom stereocenters. The minimum absolute atomic E-state index is 0.203. The van der Waals surface area contributed by atoms with E-state index in [9.17, 15) is 4.79 Å². The van der Waals surface area contributed by atoms with Crippen LogP contribution in [0.5, 0.6) is 0 Å². The maximum absolute atomic E-state index is 12.0.